The molecular formula is C32H24BrCl3N2O4. The molecule has 0 aliphatic rings. The van der Waals surface area contributed by atoms with Crippen LogP contribution in [0.2, 0.25) is 15.1 Å². The van der Waals surface area contributed by atoms with E-state index in [1.165, 1.54) is 6.08 Å². The average Bonchev–Trinajstić information content (AvgIpc) is 2.97. The van der Waals surface area contributed by atoms with Gasteiger partial charge < -0.3 is 19.5 Å². The van der Waals surface area contributed by atoms with E-state index in [1.54, 1.807) is 66.7 Å². The molecule has 0 unspecified atom stereocenters. The summed E-state index contributed by atoms with van der Waals surface area (Å²) >= 11 is 21.7. The Kier molecular flexibility index (Phi) is 11.2. The van der Waals surface area contributed by atoms with Crippen LogP contribution in [0.5, 0.6) is 17.2 Å². The van der Waals surface area contributed by atoms with Crippen molar-refractivity contribution < 1.29 is 19.0 Å². The summed E-state index contributed by atoms with van der Waals surface area (Å²) in [6, 6.07) is 24.8. The summed E-state index contributed by atoms with van der Waals surface area (Å²) in [4.78, 5) is 12.9. The summed E-state index contributed by atoms with van der Waals surface area (Å²) in [7, 11) is 0. The lowest BCUT2D eigenvalue weighted by atomic mass is 10.1. The van der Waals surface area contributed by atoms with E-state index >= 15 is 0 Å². The molecule has 0 aromatic heterocycles. The first-order valence-corrected chi connectivity index (χ1v) is 14.6. The zero-order valence-electron chi connectivity index (χ0n) is 22.3. The van der Waals surface area contributed by atoms with Crippen molar-refractivity contribution in [3.8, 4) is 23.3 Å². The maximum absolute atomic E-state index is 12.9. The molecule has 0 radical (unpaired) electrons. The number of anilines is 1. The van der Waals surface area contributed by atoms with Gasteiger partial charge in [0.1, 0.15) is 30.6 Å². The maximum atomic E-state index is 12.9. The number of nitriles is 1. The lowest BCUT2D eigenvalue weighted by Gasteiger charge is -2.15. The molecule has 214 valence electrons. The quantitative estimate of drug-likeness (QED) is 0.126. The van der Waals surface area contributed by atoms with E-state index < -0.39 is 5.91 Å². The number of halogens is 4. The van der Waals surface area contributed by atoms with Crippen molar-refractivity contribution in [2.75, 3.05) is 11.9 Å². The van der Waals surface area contributed by atoms with Gasteiger partial charge in [-0.15, -0.1) is 0 Å². The molecule has 10 heteroatoms. The van der Waals surface area contributed by atoms with E-state index in [0.717, 1.165) is 11.1 Å². The fourth-order valence-corrected chi connectivity index (χ4v) is 4.92. The van der Waals surface area contributed by atoms with Crippen molar-refractivity contribution in [1.82, 2.24) is 0 Å². The van der Waals surface area contributed by atoms with Gasteiger partial charge in [0.05, 0.1) is 11.1 Å². The summed E-state index contributed by atoms with van der Waals surface area (Å²) in [5.41, 5.74) is 2.73. The summed E-state index contributed by atoms with van der Waals surface area (Å²) in [6.07, 6.45) is 1.48. The van der Waals surface area contributed by atoms with Crippen LogP contribution in [-0.2, 0) is 18.0 Å². The number of nitrogens with zero attached hydrogens (tertiary/aromatic N) is 1. The molecule has 6 nitrogen and oxygen atoms in total. The topological polar surface area (TPSA) is 80.6 Å². The molecule has 0 spiro atoms. The highest BCUT2D eigenvalue weighted by molar-refractivity contribution is 9.10. The molecule has 0 fully saturated rings. The monoisotopic (exact) mass is 684 g/mol. The van der Waals surface area contributed by atoms with Gasteiger partial charge in [0, 0.05) is 26.3 Å². The lowest BCUT2D eigenvalue weighted by Crippen LogP contribution is -2.13. The van der Waals surface area contributed by atoms with Crippen molar-refractivity contribution in [3.05, 3.63) is 121 Å². The molecule has 4 aromatic carbocycles. The fraction of sp³-hybridized carbons (Fsp3) is 0.125. The minimum Gasteiger partial charge on any atom is -0.490 e. The molecular weight excluding hydrogens is 663 g/mol. The Morgan fingerprint density at radius 3 is 2.29 bits per heavy atom. The van der Waals surface area contributed by atoms with Crippen molar-refractivity contribution in [2.24, 2.45) is 0 Å². The Morgan fingerprint density at radius 2 is 1.62 bits per heavy atom. The summed E-state index contributed by atoms with van der Waals surface area (Å²) in [5, 5.41) is 14.2. The van der Waals surface area contributed by atoms with Gasteiger partial charge in [0.15, 0.2) is 11.5 Å². The molecule has 0 aliphatic carbocycles. The third-order valence-electron chi connectivity index (χ3n) is 5.83. The van der Waals surface area contributed by atoms with Crippen LogP contribution in [0.4, 0.5) is 5.69 Å². The van der Waals surface area contributed by atoms with Gasteiger partial charge in [-0.1, -0.05) is 53.0 Å². The maximum Gasteiger partial charge on any atom is 0.266 e. The van der Waals surface area contributed by atoms with Crippen LogP contribution in [-0.4, -0.2) is 12.5 Å². The number of rotatable bonds is 11. The number of hydrogen-bond donors (Lipinski definition) is 1. The number of carbonyl (C=O) groups excluding carboxylic acids is 1. The predicted molar refractivity (Wildman–Crippen MR) is 171 cm³/mol. The van der Waals surface area contributed by atoms with Gasteiger partial charge in [-0.2, -0.15) is 5.26 Å². The van der Waals surface area contributed by atoms with Crippen molar-refractivity contribution in [3.63, 3.8) is 0 Å². The van der Waals surface area contributed by atoms with Crippen LogP contribution in [0.1, 0.15) is 23.6 Å². The van der Waals surface area contributed by atoms with E-state index in [1.807, 2.05) is 25.1 Å². The number of hydrogen-bond acceptors (Lipinski definition) is 5. The Balaban J connectivity index is 1.44. The lowest BCUT2D eigenvalue weighted by molar-refractivity contribution is -0.112. The Hall–Kier alpha value is -3.67. The summed E-state index contributed by atoms with van der Waals surface area (Å²) in [5.74, 6) is 0.975. The Morgan fingerprint density at radius 1 is 0.905 bits per heavy atom. The molecule has 0 saturated heterocycles. The van der Waals surface area contributed by atoms with Gasteiger partial charge in [-0.3, -0.25) is 4.79 Å². The van der Waals surface area contributed by atoms with Gasteiger partial charge in [-0.25, -0.2) is 0 Å². The first kappa shape index (κ1) is 31.3. The zero-order valence-corrected chi connectivity index (χ0v) is 26.2. The summed E-state index contributed by atoms with van der Waals surface area (Å²) < 4.78 is 18.2. The third-order valence-corrected chi connectivity index (χ3v) is 7.25. The molecule has 0 aliphatic heterocycles. The number of nitrogens with one attached hydrogen (secondary N) is 1. The van der Waals surface area contributed by atoms with Crippen LogP contribution in [0.25, 0.3) is 6.08 Å². The highest BCUT2D eigenvalue weighted by atomic mass is 79.9. The van der Waals surface area contributed by atoms with Crippen LogP contribution < -0.4 is 19.5 Å². The zero-order chi connectivity index (χ0) is 30.1. The van der Waals surface area contributed by atoms with E-state index in [0.29, 0.717) is 61.3 Å². The smallest absolute Gasteiger partial charge is 0.266 e. The van der Waals surface area contributed by atoms with Crippen LogP contribution in [0.15, 0.2) is 88.9 Å². The number of amides is 1. The molecule has 1 N–H and O–H groups in total. The Labute approximate surface area is 267 Å². The molecule has 0 bridgehead atoms. The highest BCUT2D eigenvalue weighted by Crippen LogP contribution is 2.38. The standard InChI is InChI=1S/C32H24BrCl3N2O4/c1-2-40-30-15-21(14-28(33)31(30)42-19-22-5-8-25(35)16-29(22)36)13-23(17-37)32(39)38-26-9-11-27(12-10-26)41-18-20-3-6-24(34)7-4-20/h3-16H,2,18-19H2,1H3,(H,38,39)/b23-13+. The highest BCUT2D eigenvalue weighted by Gasteiger charge is 2.15. The van der Waals surface area contributed by atoms with Crippen molar-refractivity contribution in [1.29, 1.82) is 5.26 Å². The number of benzene rings is 4. The van der Waals surface area contributed by atoms with Crippen LogP contribution >= 0.6 is 50.7 Å². The van der Waals surface area contributed by atoms with Gasteiger partial charge in [0.25, 0.3) is 5.91 Å². The van der Waals surface area contributed by atoms with E-state index in [-0.39, 0.29) is 12.2 Å². The van der Waals surface area contributed by atoms with Crippen molar-refractivity contribution >= 4 is 68.4 Å². The van der Waals surface area contributed by atoms with Gasteiger partial charge >= 0.3 is 0 Å². The van der Waals surface area contributed by atoms with Crippen molar-refractivity contribution in [2.45, 2.75) is 20.1 Å². The van der Waals surface area contributed by atoms with Crippen LogP contribution in [0, 0.1) is 11.3 Å². The minimum atomic E-state index is -0.556. The first-order chi connectivity index (χ1) is 20.2. The molecule has 0 atom stereocenters. The molecule has 42 heavy (non-hydrogen) atoms. The molecule has 4 aromatic rings. The Bertz CT molecular complexity index is 1640. The second-order valence-corrected chi connectivity index (χ2v) is 11.0. The fourth-order valence-electron chi connectivity index (χ4n) is 3.76. The SMILES string of the molecule is CCOc1cc(/C=C(\C#N)C(=O)Nc2ccc(OCc3ccc(Cl)cc3)cc2)cc(Br)c1OCc1ccc(Cl)cc1Cl. The summed E-state index contributed by atoms with van der Waals surface area (Å²) in [6.45, 7) is 2.78. The third kappa shape index (κ3) is 8.67. The minimum absolute atomic E-state index is 0.0889. The molecule has 1 amide bonds. The largest absolute Gasteiger partial charge is 0.490 e. The normalized spacial score (nSPS) is 11.0. The predicted octanol–water partition coefficient (Wildman–Crippen LogP) is 9.51. The van der Waals surface area contributed by atoms with E-state index in [2.05, 4.69) is 21.2 Å². The van der Waals surface area contributed by atoms with Gasteiger partial charge in [-0.05, 0) is 101 Å². The second kappa shape index (κ2) is 15.0. The second-order valence-electron chi connectivity index (χ2n) is 8.85. The van der Waals surface area contributed by atoms with E-state index in [9.17, 15) is 10.1 Å². The van der Waals surface area contributed by atoms with Crippen LogP contribution in [0.3, 0.4) is 0 Å². The molecule has 4 rings (SSSR count). The average molecular weight is 687 g/mol. The molecule has 0 saturated carbocycles. The number of ether oxygens (including phenoxy) is 3. The first-order valence-electron chi connectivity index (χ1n) is 12.7. The van der Waals surface area contributed by atoms with E-state index in [4.69, 9.17) is 49.0 Å². The molecule has 0 heterocycles. The van der Waals surface area contributed by atoms with Gasteiger partial charge in [0.2, 0.25) is 0 Å². The number of carbonyl (C=O) groups is 1.